The SMILES string of the molecule is NCCCCCCNC[C@H]1O[C@@H]2O[C@H]3[C@H](O)[C@H](O)[C@@H](O[C@H]4[C@H](O)[C@H](O)[C@@H](O[C@H]5[C@H](O)[C@@H](O)[C@@H](O[C@H]6[C@H](O)[C@@H](O)[C@@H](O[C@H]7[C@H](O)[C@@H](O)[C@@H](O[C@H]8[C@H](O)[C@@H](O)[C@@H](O[C@H]1[C@H](O)[C@H]2O)O[C@@H]8CO)O[C@@H]7CO)O[C@@H]6CO)O[C@@H]5CO)O[C@@H]4CO)O[C@@H]3CO. The van der Waals surface area contributed by atoms with Crippen molar-refractivity contribution in [3.8, 4) is 0 Å². The lowest BCUT2D eigenvalue weighted by atomic mass is 9.95. The van der Waals surface area contributed by atoms with Crippen molar-refractivity contribution in [3.63, 3.8) is 0 Å². The molecule has 0 aromatic carbocycles. The van der Waals surface area contributed by atoms with Gasteiger partial charge in [0.2, 0.25) is 0 Å². The van der Waals surface area contributed by atoms with Crippen LogP contribution in [0.5, 0.6) is 0 Å². The molecular formula is C48H84N2O34. The molecule has 0 saturated carbocycles. The first-order valence-electron chi connectivity index (χ1n) is 27.9. The third-order valence-corrected chi connectivity index (χ3v) is 16.3. The zero-order valence-corrected chi connectivity index (χ0v) is 45.1. The van der Waals surface area contributed by atoms with E-state index in [0.29, 0.717) is 19.5 Å². The minimum atomic E-state index is -2.20. The fourth-order valence-corrected chi connectivity index (χ4v) is 11.4. The number of aliphatic hydroxyl groups is 20. The van der Waals surface area contributed by atoms with Gasteiger partial charge in [0.15, 0.2) is 44.0 Å². The Labute approximate surface area is 478 Å². The molecule has 23 N–H and O–H groups in total. The van der Waals surface area contributed by atoms with Gasteiger partial charge in [-0.15, -0.1) is 0 Å². The second kappa shape index (κ2) is 30.6. The van der Waals surface area contributed by atoms with Crippen LogP contribution in [-0.2, 0) is 66.3 Å². The summed E-state index contributed by atoms with van der Waals surface area (Å²) in [5, 5.41) is 226. The highest BCUT2D eigenvalue weighted by molar-refractivity contribution is 5.02. The topological polar surface area (TPSA) is 572 Å². The van der Waals surface area contributed by atoms with E-state index in [1.54, 1.807) is 0 Å². The number of hydrogen-bond acceptors (Lipinski definition) is 36. The molecule has 21 heterocycles. The van der Waals surface area contributed by atoms with Crippen molar-refractivity contribution in [2.24, 2.45) is 5.73 Å². The lowest BCUT2D eigenvalue weighted by Gasteiger charge is -2.50. The molecule has 21 fully saturated rings. The van der Waals surface area contributed by atoms with Crippen molar-refractivity contribution in [1.82, 2.24) is 5.32 Å². The molecule has 84 heavy (non-hydrogen) atoms. The van der Waals surface area contributed by atoms with Gasteiger partial charge >= 0.3 is 0 Å². The van der Waals surface area contributed by atoms with Crippen molar-refractivity contribution in [2.75, 3.05) is 59.3 Å². The molecule has 21 aliphatic rings. The number of aliphatic hydroxyl groups excluding tert-OH is 20. The molecule has 36 nitrogen and oxygen atoms in total. The van der Waals surface area contributed by atoms with E-state index in [1.165, 1.54) is 0 Å². The van der Waals surface area contributed by atoms with Crippen LogP contribution in [0.3, 0.4) is 0 Å². The van der Waals surface area contributed by atoms with Gasteiger partial charge in [-0.2, -0.15) is 0 Å². The number of nitrogens with two attached hydrogens (primary N) is 1. The van der Waals surface area contributed by atoms with Crippen molar-refractivity contribution in [1.29, 1.82) is 0 Å². The average molecular weight is 1230 g/mol. The summed E-state index contributed by atoms with van der Waals surface area (Å²) in [6.07, 6.45) is -66.0. The molecule has 0 aromatic rings. The van der Waals surface area contributed by atoms with E-state index >= 15 is 0 Å². The number of hydrogen-bond donors (Lipinski definition) is 22. The maximum Gasteiger partial charge on any atom is 0.187 e. The minimum Gasteiger partial charge on any atom is -0.394 e. The van der Waals surface area contributed by atoms with Gasteiger partial charge in [0, 0.05) is 6.54 Å². The summed E-state index contributed by atoms with van der Waals surface area (Å²) >= 11 is 0. The summed E-state index contributed by atoms with van der Waals surface area (Å²) < 4.78 is 81.3. The van der Waals surface area contributed by atoms with E-state index in [2.05, 4.69) is 5.32 Å². The second-order valence-electron chi connectivity index (χ2n) is 21.9. The Morgan fingerprint density at radius 2 is 0.429 bits per heavy atom. The van der Waals surface area contributed by atoms with E-state index in [4.69, 9.17) is 72.0 Å². The highest BCUT2D eigenvalue weighted by Gasteiger charge is 2.59. The van der Waals surface area contributed by atoms with Crippen molar-refractivity contribution >= 4 is 0 Å². The molecule has 0 amide bonds. The highest BCUT2D eigenvalue weighted by atomic mass is 16.8. The zero-order chi connectivity index (χ0) is 61.0. The van der Waals surface area contributed by atoms with Gasteiger partial charge < -0.3 is 179 Å². The van der Waals surface area contributed by atoms with Gasteiger partial charge in [-0.1, -0.05) is 12.8 Å². The van der Waals surface area contributed by atoms with E-state index in [9.17, 15) is 102 Å². The quantitative estimate of drug-likeness (QED) is 0.0718. The molecule has 21 rings (SSSR count). The van der Waals surface area contributed by atoms with Crippen LogP contribution < -0.4 is 11.1 Å². The van der Waals surface area contributed by atoms with Gasteiger partial charge in [-0.3, -0.25) is 0 Å². The third-order valence-electron chi connectivity index (χ3n) is 16.3. The average Bonchev–Trinajstić information content (AvgIpc) is 2.01. The van der Waals surface area contributed by atoms with Crippen LogP contribution in [0, 0.1) is 0 Å². The summed E-state index contributed by atoms with van der Waals surface area (Å²) in [7, 11) is 0. The first kappa shape index (κ1) is 68.5. The fourth-order valence-electron chi connectivity index (χ4n) is 11.4. The molecule has 21 aliphatic heterocycles. The molecule has 0 radical (unpaired) electrons. The number of ether oxygens (including phenoxy) is 14. The Morgan fingerprint density at radius 3 is 0.631 bits per heavy atom. The van der Waals surface area contributed by atoms with Gasteiger partial charge in [-0.05, 0) is 25.9 Å². The first-order chi connectivity index (χ1) is 40.2. The normalized spacial score (nSPS) is 51.8. The van der Waals surface area contributed by atoms with Crippen LogP contribution in [0.25, 0.3) is 0 Å². The number of nitrogens with one attached hydrogen (secondary N) is 1. The predicted molar refractivity (Wildman–Crippen MR) is 262 cm³/mol. The lowest BCUT2D eigenvalue weighted by molar-refractivity contribution is -0.396. The van der Waals surface area contributed by atoms with E-state index in [0.717, 1.165) is 19.3 Å². The van der Waals surface area contributed by atoms with Gasteiger partial charge in [0.05, 0.1) is 39.6 Å². The molecule has 14 bridgehead atoms. The summed E-state index contributed by atoms with van der Waals surface area (Å²) in [6, 6.07) is 0. The molecule has 0 spiro atoms. The molecular weight excluding hydrogens is 1150 g/mol. The molecule has 0 aliphatic carbocycles. The maximum atomic E-state index is 11.8. The zero-order valence-electron chi connectivity index (χ0n) is 45.1. The van der Waals surface area contributed by atoms with Crippen molar-refractivity contribution in [3.05, 3.63) is 0 Å². The van der Waals surface area contributed by atoms with Crippen molar-refractivity contribution < 1.29 is 168 Å². The largest absolute Gasteiger partial charge is 0.394 e. The Morgan fingerprint density at radius 1 is 0.238 bits per heavy atom. The standard InChI is InChI=1S/C48H84N2O34/c49-5-3-1-2-4-6-50-7-14-35-21(57)28(64)42(71-14)79-36-15(8-51)73-44(30(66)23(36)59)81-38-17(10-53)75-46(32(68)25(38)61)83-40-19(12-55)77-48(34(70)27(40)63)84-41-20(13-56)76-47(33(69)26(41)62)82-39-18(11-54)74-45(31(67)24(39)60)80-37-16(9-52)72-43(78-35)29(65)22(37)58/h14-48,50-70H,1-13,49H2/t14-,15-,16-,17-,18-,19-,20-,21-,22-,23-,24-,25-,26-,27-,28-,29-,30+,31-,32+,33-,34-,35-,36-,37-,38-,39-,40-,41-,42-,43-,44-,45-,46-,47-,48-/m1/s1. The Hall–Kier alpha value is -1.44. The fraction of sp³-hybridized carbons (Fsp3) is 1.00. The first-order valence-corrected chi connectivity index (χ1v) is 27.9. The molecule has 36 heteroatoms. The van der Waals surface area contributed by atoms with Gasteiger partial charge in [-0.25, -0.2) is 0 Å². The van der Waals surface area contributed by atoms with Crippen LogP contribution in [0.4, 0.5) is 0 Å². The number of unbranched alkanes of at least 4 members (excludes halogenated alkanes) is 3. The summed E-state index contributed by atoms with van der Waals surface area (Å²) in [6.45, 7) is -5.54. The Bertz CT molecular complexity index is 1950. The maximum absolute atomic E-state index is 11.8. The minimum absolute atomic E-state index is 0.203. The number of rotatable bonds is 14. The van der Waals surface area contributed by atoms with Crippen LogP contribution in [0.15, 0.2) is 0 Å². The highest BCUT2D eigenvalue weighted by Crippen LogP contribution is 2.39. The Kier molecular flexibility index (Phi) is 24.9. The van der Waals surface area contributed by atoms with E-state index < -0.39 is 255 Å². The van der Waals surface area contributed by atoms with Crippen molar-refractivity contribution in [2.45, 2.75) is 241 Å². The van der Waals surface area contributed by atoms with Gasteiger partial charge in [0.25, 0.3) is 0 Å². The third kappa shape index (κ3) is 14.5. The van der Waals surface area contributed by atoms with E-state index in [1.807, 2.05) is 0 Å². The summed E-state index contributed by atoms with van der Waals surface area (Å²) in [4.78, 5) is 0. The van der Waals surface area contributed by atoms with Crippen LogP contribution in [-0.4, -0.2) is 376 Å². The van der Waals surface area contributed by atoms with Crippen LogP contribution in [0.1, 0.15) is 25.7 Å². The lowest BCUT2D eigenvalue weighted by Crippen LogP contribution is -2.68. The summed E-state index contributed by atoms with van der Waals surface area (Å²) in [5.41, 5.74) is 5.62. The Balaban J connectivity index is 1.08. The van der Waals surface area contributed by atoms with Crippen LogP contribution in [0.2, 0.25) is 0 Å². The smallest absolute Gasteiger partial charge is 0.187 e. The van der Waals surface area contributed by atoms with E-state index in [-0.39, 0.29) is 6.54 Å². The monoisotopic (exact) mass is 1230 g/mol. The molecule has 35 atom stereocenters. The molecule has 0 aromatic heterocycles. The molecule has 21 saturated heterocycles. The predicted octanol–water partition coefficient (Wildman–Crippen LogP) is -14.1. The molecule has 490 valence electrons. The van der Waals surface area contributed by atoms with Gasteiger partial charge in [0.1, 0.15) is 171 Å². The molecule has 0 unspecified atom stereocenters. The summed E-state index contributed by atoms with van der Waals surface area (Å²) in [5.74, 6) is 0. The second-order valence-corrected chi connectivity index (χ2v) is 21.9. The van der Waals surface area contributed by atoms with Crippen LogP contribution >= 0.6 is 0 Å².